The first-order valence-electron chi connectivity index (χ1n) is 8.02. The number of aryl methyl sites for hydroxylation is 1. The van der Waals surface area contributed by atoms with E-state index in [1.807, 2.05) is 0 Å². The average Bonchev–Trinajstić information content (AvgIpc) is 3.30. The Balaban J connectivity index is 1.63. The van der Waals surface area contributed by atoms with Crippen LogP contribution in [0.3, 0.4) is 0 Å². The molecule has 6 nitrogen and oxygen atoms in total. The summed E-state index contributed by atoms with van der Waals surface area (Å²) in [6.45, 7) is 1.71. The standard InChI is InChI=1S/C18H19ClN2O4/c1-11-4-7-13(19)9-14(11)21-17(23)16(22)20-10-18(24,12-5-6-12)15-3-2-8-25-15/h2-4,7-9,12,24H,5-6,10H2,1H3,(H,20,22)(H,21,23). The van der Waals surface area contributed by atoms with Crippen LogP contribution < -0.4 is 10.6 Å². The van der Waals surface area contributed by atoms with Crippen molar-refractivity contribution >= 4 is 29.1 Å². The van der Waals surface area contributed by atoms with E-state index in [4.69, 9.17) is 16.0 Å². The number of carbonyl (C=O) groups is 2. The Kier molecular flexibility index (Phi) is 4.83. The van der Waals surface area contributed by atoms with Gasteiger partial charge in [0.1, 0.15) is 11.4 Å². The van der Waals surface area contributed by atoms with Gasteiger partial charge in [0.15, 0.2) is 0 Å². The SMILES string of the molecule is Cc1ccc(Cl)cc1NC(=O)C(=O)NCC(O)(c1ccco1)C1CC1. The number of hydrogen-bond acceptors (Lipinski definition) is 4. The summed E-state index contributed by atoms with van der Waals surface area (Å²) in [6, 6.07) is 8.37. The molecule has 1 aromatic heterocycles. The molecular weight excluding hydrogens is 344 g/mol. The lowest BCUT2D eigenvalue weighted by molar-refractivity contribution is -0.137. The monoisotopic (exact) mass is 362 g/mol. The van der Waals surface area contributed by atoms with E-state index < -0.39 is 17.4 Å². The number of nitrogens with one attached hydrogen (secondary N) is 2. The number of halogens is 1. The number of amides is 2. The molecule has 132 valence electrons. The van der Waals surface area contributed by atoms with Crippen LogP contribution in [0.2, 0.25) is 5.02 Å². The number of carbonyl (C=O) groups excluding carboxylic acids is 2. The van der Waals surface area contributed by atoms with E-state index >= 15 is 0 Å². The molecule has 1 aliphatic rings. The van der Waals surface area contributed by atoms with Crippen LogP contribution in [0, 0.1) is 12.8 Å². The van der Waals surface area contributed by atoms with Crippen LogP contribution in [-0.2, 0) is 15.2 Å². The summed E-state index contributed by atoms with van der Waals surface area (Å²) in [5, 5.41) is 16.3. The van der Waals surface area contributed by atoms with E-state index in [1.165, 1.54) is 6.26 Å². The van der Waals surface area contributed by atoms with Crippen molar-refractivity contribution in [1.82, 2.24) is 5.32 Å². The van der Waals surface area contributed by atoms with Gasteiger partial charge in [-0.3, -0.25) is 9.59 Å². The molecule has 3 N–H and O–H groups in total. The van der Waals surface area contributed by atoms with Gasteiger partial charge in [0.25, 0.3) is 0 Å². The molecule has 0 bridgehead atoms. The van der Waals surface area contributed by atoms with Gasteiger partial charge in [-0.15, -0.1) is 0 Å². The molecule has 3 rings (SSSR count). The van der Waals surface area contributed by atoms with Crippen LogP contribution in [-0.4, -0.2) is 23.5 Å². The number of benzene rings is 1. The minimum absolute atomic E-state index is 0.0113. The molecule has 2 amide bonds. The number of rotatable bonds is 5. The molecule has 1 aliphatic carbocycles. The van der Waals surface area contributed by atoms with Gasteiger partial charge in [-0.2, -0.15) is 0 Å². The lowest BCUT2D eigenvalue weighted by atomic mass is 9.94. The second-order valence-corrected chi connectivity index (χ2v) is 6.71. The highest BCUT2D eigenvalue weighted by atomic mass is 35.5. The maximum Gasteiger partial charge on any atom is 0.313 e. The Labute approximate surface area is 150 Å². The third-order valence-electron chi connectivity index (χ3n) is 4.37. The zero-order chi connectivity index (χ0) is 18.0. The molecule has 0 radical (unpaired) electrons. The predicted octanol–water partition coefficient (Wildman–Crippen LogP) is 2.59. The molecule has 1 saturated carbocycles. The zero-order valence-corrected chi connectivity index (χ0v) is 14.5. The fourth-order valence-corrected chi connectivity index (χ4v) is 2.89. The Morgan fingerprint density at radius 3 is 2.72 bits per heavy atom. The van der Waals surface area contributed by atoms with Crippen molar-refractivity contribution in [3.8, 4) is 0 Å². The Morgan fingerprint density at radius 2 is 2.08 bits per heavy atom. The van der Waals surface area contributed by atoms with Gasteiger partial charge in [0.2, 0.25) is 0 Å². The molecule has 25 heavy (non-hydrogen) atoms. The van der Waals surface area contributed by atoms with Gasteiger partial charge in [0, 0.05) is 10.7 Å². The fourth-order valence-electron chi connectivity index (χ4n) is 2.72. The van der Waals surface area contributed by atoms with E-state index in [2.05, 4.69) is 10.6 Å². The largest absolute Gasteiger partial charge is 0.466 e. The highest BCUT2D eigenvalue weighted by molar-refractivity contribution is 6.40. The number of aliphatic hydroxyl groups is 1. The summed E-state index contributed by atoms with van der Waals surface area (Å²) in [5.41, 5.74) is -0.0439. The Hall–Kier alpha value is -2.31. The van der Waals surface area contributed by atoms with Crippen molar-refractivity contribution in [2.75, 3.05) is 11.9 Å². The molecule has 1 atom stereocenters. The van der Waals surface area contributed by atoms with Crippen LogP contribution in [0.15, 0.2) is 41.0 Å². The van der Waals surface area contributed by atoms with E-state index in [1.54, 1.807) is 37.3 Å². The van der Waals surface area contributed by atoms with Crippen LogP contribution in [0.1, 0.15) is 24.2 Å². The minimum atomic E-state index is -1.30. The van der Waals surface area contributed by atoms with Gasteiger partial charge in [-0.05, 0) is 55.5 Å². The molecule has 7 heteroatoms. The molecule has 0 aliphatic heterocycles. The first kappa shape index (κ1) is 17.5. The third-order valence-corrected chi connectivity index (χ3v) is 4.61. The Bertz CT molecular complexity index is 786. The fraction of sp³-hybridized carbons (Fsp3) is 0.333. The summed E-state index contributed by atoms with van der Waals surface area (Å²) in [6.07, 6.45) is 3.17. The second-order valence-electron chi connectivity index (χ2n) is 6.27. The highest BCUT2D eigenvalue weighted by Gasteiger charge is 2.47. The smallest absolute Gasteiger partial charge is 0.313 e. The van der Waals surface area contributed by atoms with Crippen molar-refractivity contribution in [3.05, 3.63) is 52.9 Å². The highest BCUT2D eigenvalue weighted by Crippen LogP contribution is 2.45. The van der Waals surface area contributed by atoms with Crippen molar-refractivity contribution < 1.29 is 19.1 Å². The zero-order valence-electron chi connectivity index (χ0n) is 13.7. The van der Waals surface area contributed by atoms with Crippen LogP contribution >= 0.6 is 11.6 Å². The van der Waals surface area contributed by atoms with Crippen molar-refractivity contribution in [1.29, 1.82) is 0 Å². The van der Waals surface area contributed by atoms with E-state index in [9.17, 15) is 14.7 Å². The molecule has 1 fully saturated rings. The lowest BCUT2D eigenvalue weighted by Gasteiger charge is -2.26. The first-order valence-corrected chi connectivity index (χ1v) is 8.39. The summed E-state index contributed by atoms with van der Waals surface area (Å²) < 4.78 is 5.30. The number of hydrogen-bond donors (Lipinski definition) is 3. The molecular formula is C18H19ClN2O4. The van der Waals surface area contributed by atoms with Gasteiger partial charge < -0.3 is 20.2 Å². The van der Waals surface area contributed by atoms with Crippen molar-refractivity contribution in [2.45, 2.75) is 25.4 Å². The van der Waals surface area contributed by atoms with Crippen molar-refractivity contribution in [3.63, 3.8) is 0 Å². The van der Waals surface area contributed by atoms with Crippen LogP contribution in [0.5, 0.6) is 0 Å². The summed E-state index contributed by atoms with van der Waals surface area (Å²) in [4.78, 5) is 24.2. The first-order chi connectivity index (χ1) is 11.9. The molecule has 1 aromatic carbocycles. The normalized spacial score (nSPS) is 16.1. The van der Waals surface area contributed by atoms with Gasteiger partial charge in [-0.1, -0.05) is 17.7 Å². The summed E-state index contributed by atoms with van der Waals surface area (Å²) in [5.74, 6) is -1.24. The van der Waals surface area contributed by atoms with Gasteiger partial charge in [0.05, 0.1) is 12.8 Å². The summed E-state index contributed by atoms with van der Waals surface area (Å²) in [7, 11) is 0. The van der Waals surface area contributed by atoms with Crippen LogP contribution in [0.25, 0.3) is 0 Å². The Morgan fingerprint density at radius 1 is 1.32 bits per heavy atom. The molecule has 1 heterocycles. The number of anilines is 1. The maximum absolute atomic E-state index is 12.1. The van der Waals surface area contributed by atoms with E-state index in [0.29, 0.717) is 16.5 Å². The topological polar surface area (TPSA) is 91.6 Å². The van der Waals surface area contributed by atoms with Gasteiger partial charge >= 0.3 is 11.8 Å². The van der Waals surface area contributed by atoms with E-state index in [-0.39, 0.29) is 12.5 Å². The van der Waals surface area contributed by atoms with Crippen LogP contribution in [0.4, 0.5) is 5.69 Å². The number of furan rings is 1. The maximum atomic E-state index is 12.1. The van der Waals surface area contributed by atoms with Crippen molar-refractivity contribution in [2.24, 2.45) is 5.92 Å². The molecule has 2 aromatic rings. The molecule has 0 spiro atoms. The minimum Gasteiger partial charge on any atom is -0.466 e. The quantitative estimate of drug-likeness (QED) is 0.713. The lowest BCUT2D eigenvalue weighted by Crippen LogP contribution is -2.45. The second kappa shape index (κ2) is 6.90. The molecule has 0 saturated heterocycles. The average molecular weight is 363 g/mol. The molecule has 1 unspecified atom stereocenters. The summed E-state index contributed by atoms with van der Waals surface area (Å²) >= 11 is 5.90. The third kappa shape index (κ3) is 3.86. The van der Waals surface area contributed by atoms with Gasteiger partial charge in [-0.25, -0.2) is 0 Å². The van der Waals surface area contributed by atoms with E-state index in [0.717, 1.165) is 18.4 Å². The predicted molar refractivity (Wildman–Crippen MR) is 93.2 cm³/mol.